The average molecular weight is 274 g/mol. The Balaban J connectivity index is 1.98. The van der Waals surface area contributed by atoms with Crippen molar-refractivity contribution in [3.05, 3.63) is 34.3 Å². The van der Waals surface area contributed by atoms with Crippen molar-refractivity contribution in [2.75, 3.05) is 0 Å². The molecule has 20 heavy (non-hydrogen) atoms. The molecule has 1 aromatic heterocycles. The first-order chi connectivity index (χ1) is 9.44. The van der Waals surface area contributed by atoms with Gasteiger partial charge in [-0.25, -0.2) is 4.79 Å². The maximum absolute atomic E-state index is 11.8. The van der Waals surface area contributed by atoms with Crippen LogP contribution in [-0.4, -0.2) is 4.57 Å². The van der Waals surface area contributed by atoms with E-state index in [1.54, 1.807) is 4.57 Å². The molecule has 4 heteroatoms. The third-order valence-electron chi connectivity index (χ3n) is 4.55. The van der Waals surface area contributed by atoms with E-state index >= 15 is 0 Å². The first kappa shape index (κ1) is 13.4. The molecule has 2 unspecified atom stereocenters. The molecule has 1 heterocycles. The van der Waals surface area contributed by atoms with Crippen LogP contribution in [0.3, 0.4) is 0 Å². The molecule has 0 spiro atoms. The average Bonchev–Trinajstić information content (AvgIpc) is 2.92. The summed E-state index contributed by atoms with van der Waals surface area (Å²) in [6.45, 7) is 7.22. The summed E-state index contributed by atoms with van der Waals surface area (Å²) >= 11 is 0. The first-order valence-electron chi connectivity index (χ1n) is 7.33. The van der Waals surface area contributed by atoms with Crippen LogP contribution in [0, 0.1) is 11.3 Å². The number of aryl methyl sites for hydroxylation is 1. The van der Waals surface area contributed by atoms with Gasteiger partial charge in [0.25, 0.3) is 0 Å². The lowest BCUT2D eigenvalue weighted by Gasteiger charge is -2.13. The van der Waals surface area contributed by atoms with Crippen LogP contribution in [0.25, 0.3) is 11.1 Å². The summed E-state index contributed by atoms with van der Waals surface area (Å²) in [6.07, 6.45) is 2.07. The Labute approximate surface area is 118 Å². The van der Waals surface area contributed by atoms with Gasteiger partial charge >= 0.3 is 5.76 Å². The minimum atomic E-state index is -0.278. The number of hydrogen-bond donors (Lipinski definition) is 1. The number of nitrogens with zero attached hydrogens (tertiary/aromatic N) is 1. The molecule has 1 saturated carbocycles. The monoisotopic (exact) mass is 274 g/mol. The minimum absolute atomic E-state index is 0.0224. The zero-order chi connectivity index (χ0) is 14.5. The molecule has 108 valence electrons. The summed E-state index contributed by atoms with van der Waals surface area (Å²) < 4.78 is 7.03. The molecular formula is C16H22N2O2. The summed E-state index contributed by atoms with van der Waals surface area (Å²) in [5.74, 6) is 0.240. The summed E-state index contributed by atoms with van der Waals surface area (Å²) in [7, 11) is 0. The van der Waals surface area contributed by atoms with Crippen LogP contribution in [-0.2, 0) is 6.54 Å². The van der Waals surface area contributed by atoms with Crippen LogP contribution in [0.5, 0.6) is 0 Å². The quantitative estimate of drug-likeness (QED) is 0.932. The van der Waals surface area contributed by atoms with E-state index in [4.69, 9.17) is 10.2 Å². The highest BCUT2D eigenvalue weighted by atomic mass is 16.4. The van der Waals surface area contributed by atoms with E-state index in [1.807, 2.05) is 25.1 Å². The number of fused-ring (bicyclic) bond motifs is 1. The van der Waals surface area contributed by atoms with E-state index in [1.165, 1.54) is 0 Å². The van der Waals surface area contributed by atoms with Crippen LogP contribution in [0.15, 0.2) is 27.4 Å². The second-order valence-electron chi connectivity index (χ2n) is 6.57. The molecule has 1 aromatic carbocycles. The van der Waals surface area contributed by atoms with Gasteiger partial charge in [0, 0.05) is 12.6 Å². The molecule has 4 nitrogen and oxygen atoms in total. The second kappa shape index (κ2) is 4.48. The van der Waals surface area contributed by atoms with Gasteiger partial charge in [-0.2, -0.15) is 0 Å². The van der Waals surface area contributed by atoms with Gasteiger partial charge in [-0.15, -0.1) is 0 Å². The topological polar surface area (TPSA) is 61.2 Å². The van der Waals surface area contributed by atoms with Crippen molar-refractivity contribution in [3.63, 3.8) is 0 Å². The minimum Gasteiger partial charge on any atom is -0.408 e. The third-order valence-corrected chi connectivity index (χ3v) is 4.55. The van der Waals surface area contributed by atoms with E-state index in [2.05, 4.69) is 13.8 Å². The second-order valence-corrected chi connectivity index (χ2v) is 6.57. The molecule has 0 radical (unpaired) electrons. The summed E-state index contributed by atoms with van der Waals surface area (Å²) in [4.78, 5) is 11.8. The standard InChI is InChI=1S/C16H22N2O2/c1-4-7-18-12-6-5-10(8-13(12)20-15(18)19)14(17)11-9-16(11,2)3/h5-6,8,11,14H,4,7,9,17H2,1-3H3. The fourth-order valence-electron chi connectivity index (χ4n) is 3.08. The number of aromatic nitrogens is 1. The highest BCUT2D eigenvalue weighted by Gasteiger charge is 2.49. The van der Waals surface area contributed by atoms with Gasteiger partial charge in [-0.05, 0) is 41.9 Å². The van der Waals surface area contributed by atoms with Crippen LogP contribution in [0.4, 0.5) is 0 Å². The Morgan fingerprint density at radius 1 is 1.50 bits per heavy atom. The normalized spacial score (nSPS) is 22.1. The molecule has 0 aliphatic heterocycles. The van der Waals surface area contributed by atoms with Gasteiger partial charge in [-0.1, -0.05) is 26.8 Å². The lowest BCUT2D eigenvalue weighted by atomic mass is 9.98. The van der Waals surface area contributed by atoms with Crippen molar-refractivity contribution in [1.29, 1.82) is 0 Å². The fourth-order valence-corrected chi connectivity index (χ4v) is 3.08. The lowest BCUT2D eigenvalue weighted by Crippen LogP contribution is -2.15. The molecule has 2 N–H and O–H groups in total. The Morgan fingerprint density at radius 3 is 2.80 bits per heavy atom. The van der Waals surface area contributed by atoms with Crippen LogP contribution >= 0.6 is 0 Å². The predicted molar refractivity (Wildman–Crippen MR) is 79.6 cm³/mol. The molecule has 1 aliphatic rings. The Kier molecular flexibility index (Phi) is 3.01. The maximum Gasteiger partial charge on any atom is 0.419 e. The summed E-state index contributed by atoms with van der Waals surface area (Å²) in [5, 5.41) is 0. The number of rotatable bonds is 4. The maximum atomic E-state index is 11.8. The van der Waals surface area contributed by atoms with Crippen molar-refractivity contribution in [1.82, 2.24) is 4.57 Å². The molecule has 2 atom stereocenters. The fraction of sp³-hybridized carbons (Fsp3) is 0.562. The first-order valence-corrected chi connectivity index (χ1v) is 7.33. The zero-order valence-electron chi connectivity index (χ0n) is 12.3. The molecule has 1 fully saturated rings. The van der Waals surface area contributed by atoms with E-state index < -0.39 is 0 Å². The van der Waals surface area contributed by atoms with Crippen molar-refractivity contribution < 1.29 is 4.42 Å². The van der Waals surface area contributed by atoms with Crippen LogP contribution in [0.1, 0.15) is 45.2 Å². The van der Waals surface area contributed by atoms with E-state index in [0.29, 0.717) is 23.5 Å². The number of oxazole rings is 1. The Bertz CT molecular complexity index is 696. The highest BCUT2D eigenvalue weighted by molar-refractivity contribution is 5.74. The summed E-state index contributed by atoms with van der Waals surface area (Å²) in [6, 6.07) is 5.94. The van der Waals surface area contributed by atoms with Gasteiger partial charge in [0.1, 0.15) is 0 Å². The molecule has 0 saturated heterocycles. The highest BCUT2D eigenvalue weighted by Crippen LogP contribution is 2.57. The van der Waals surface area contributed by atoms with E-state index in [0.717, 1.165) is 23.9 Å². The summed E-state index contributed by atoms with van der Waals surface area (Å²) in [5.41, 5.74) is 9.25. The van der Waals surface area contributed by atoms with Gasteiger partial charge in [0.15, 0.2) is 5.58 Å². The van der Waals surface area contributed by atoms with Gasteiger partial charge in [0.2, 0.25) is 0 Å². The SMILES string of the molecule is CCCn1c(=O)oc2cc(C(N)C3CC3(C)C)ccc21. The van der Waals surface area contributed by atoms with Gasteiger partial charge in [0.05, 0.1) is 5.52 Å². The van der Waals surface area contributed by atoms with E-state index in [9.17, 15) is 4.79 Å². The van der Waals surface area contributed by atoms with Crippen molar-refractivity contribution >= 4 is 11.1 Å². The van der Waals surface area contributed by atoms with E-state index in [-0.39, 0.29) is 11.8 Å². The smallest absolute Gasteiger partial charge is 0.408 e. The van der Waals surface area contributed by atoms with Crippen LogP contribution in [0.2, 0.25) is 0 Å². The third kappa shape index (κ3) is 2.08. The number of hydrogen-bond acceptors (Lipinski definition) is 3. The Morgan fingerprint density at radius 2 is 2.20 bits per heavy atom. The van der Waals surface area contributed by atoms with Crippen molar-refractivity contribution in [2.45, 2.75) is 46.2 Å². The molecule has 1 aliphatic carbocycles. The molecule has 3 rings (SSSR count). The lowest BCUT2D eigenvalue weighted by molar-refractivity contribution is 0.489. The zero-order valence-corrected chi connectivity index (χ0v) is 12.3. The molecule has 2 aromatic rings. The van der Waals surface area contributed by atoms with Gasteiger partial charge in [-0.3, -0.25) is 4.57 Å². The largest absolute Gasteiger partial charge is 0.419 e. The number of nitrogens with two attached hydrogens (primary N) is 1. The van der Waals surface area contributed by atoms with Gasteiger partial charge < -0.3 is 10.2 Å². The molecular weight excluding hydrogens is 252 g/mol. The van der Waals surface area contributed by atoms with Crippen molar-refractivity contribution in [2.24, 2.45) is 17.1 Å². The van der Waals surface area contributed by atoms with Crippen LogP contribution < -0.4 is 11.5 Å². The molecule has 0 bridgehead atoms. The number of benzene rings is 1. The van der Waals surface area contributed by atoms with Crippen molar-refractivity contribution in [3.8, 4) is 0 Å². The predicted octanol–water partition coefficient (Wildman–Crippen LogP) is 3.05. The molecule has 0 amide bonds. The Hall–Kier alpha value is -1.55.